The molecule has 0 spiro atoms. The fraction of sp³-hybridized carbons (Fsp3) is 0.175. The van der Waals surface area contributed by atoms with Crippen molar-refractivity contribution in [1.29, 1.82) is 0 Å². The smallest absolute Gasteiger partial charge is 0.382 e. The number of aliphatic hydroxyl groups excluding tert-OH is 1. The molecular formula is C40H24O8. The summed E-state index contributed by atoms with van der Waals surface area (Å²) in [6, 6.07) is 10.3. The number of benzene rings is 3. The van der Waals surface area contributed by atoms with Crippen molar-refractivity contribution in [1.82, 2.24) is 0 Å². The van der Waals surface area contributed by atoms with E-state index in [0.717, 1.165) is 0 Å². The number of hydrogen-bond donors (Lipinski definition) is 4. The Labute approximate surface area is 276 Å². The minimum absolute atomic E-state index is 0.117. The van der Waals surface area contributed by atoms with E-state index in [1.54, 1.807) is 45.0 Å². The summed E-state index contributed by atoms with van der Waals surface area (Å²) in [5.74, 6) is 27.9. The maximum absolute atomic E-state index is 11.6. The lowest BCUT2D eigenvalue weighted by molar-refractivity contribution is -0.131. The van der Waals surface area contributed by atoms with Gasteiger partial charge >= 0.3 is 17.9 Å². The van der Waals surface area contributed by atoms with E-state index in [2.05, 4.69) is 71.0 Å². The van der Waals surface area contributed by atoms with Gasteiger partial charge in [-0.1, -0.05) is 35.5 Å². The van der Waals surface area contributed by atoms with Crippen LogP contribution in [-0.2, 0) is 30.1 Å². The highest BCUT2D eigenvalue weighted by Crippen LogP contribution is 2.63. The molecule has 3 aliphatic rings. The van der Waals surface area contributed by atoms with Crippen molar-refractivity contribution in [3.8, 4) is 71.0 Å². The van der Waals surface area contributed by atoms with Crippen molar-refractivity contribution in [3.63, 3.8) is 0 Å². The summed E-state index contributed by atoms with van der Waals surface area (Å²) >= 11 is 0. The van der Waals surface area contributed by atoms with Gasteiger partial charge in [0.15, 0.2) is 0 Å². The zero-order chi connectivity index (χ0) is 34.8. The van der Waals surface area contributed by atoms with Gasteiger partial charge in [0.2, 0.25) is 0 Å². The summed E-state index contributed by atoms with van der Waals surface area (Å²) in [5.41, 5.74) is 2.69. The standard InChI is InChI=1S/C40H24O8/c1-5-8-24-17-30-33(20-26(24)10-7-3)40(48-4)34-21-28(12-15-37(44)45)25(9-6-2)18-31(34)39(30,23-41)32-19-27(11-14-36(42)43)29(22-35(32)40)13-16-38(46)47/h17-22,41H,23H2,1-4H3,(H,42,43)(H,44,45)(H,46,47). The van der Waals surface area contributed by atoms with Gasteiger partial charge in [0.05, 0.1) is 12.0 Å². The predicted molar refractivity (Wildman–Crippen MR) is 174 cm³/mol. The van der Waals surface area contributed by atoms with Crippen LogP contribution in [0, 0.1) is 71.0 Å². The first-order valence-corrected chi connectivity index (χ1v) is 14.3. The minimum Gasteiger partial charge on any atom is -0.472 e. The molecular weight excluding hydrogens is 608 g/mol. The van der Waals surface area contributed by atoms with E-state index in [-0.39, 0.29) is 11.1 Å². The van der Waals surface area contributed by atoms with Crippen LogP contribution in [0.25, 0.3) is 0 Å². The van der Waals surface area contributed by atoms with E-state index in [4.69, 9.17) is 4.74 Å². The summed E-state index contributed by atoms with van der Waals surface area (Å²) in [6.07, 6.45) is 0. The number of methoxy groups -OCH3 is 1. The fourth-order valence-electron chi connectivity index (χ4n) is 6.57. The molecule has 48 heavy (non-hydrogen) atoms. The number of carboxylic acid groups (broad SMARTS) is 3. The Morgan fingerprint density at radius 1 is 0.542 bits per heavy atom. The molecule has 0 amide bonds. The Balaban J connectivity index is 2.08. The van der Waals surface area contributed by atoms with E-state index < -0.39 is 35.5 Å². The lowest BCUT2D eigenvalue weighted by atomic mass is 9.50. The second-order valence-corrected chi connectivity index (χ2v) is 10.6. The molecule has 0 saturated heterocycles. The molecule has 8 heteroatoms. The molecule has 0 heterocycles. The first kappa shape index (κ1) is 32.7. The molecule has 3 aromatic rings. The van der Waals surface area contributed by atoms with Crippen LogP contribution in [0.5, 0.6) is 0 Å². The zero-order valence-corrected chi connectivity index (χ0v) is 26.1. The molecule has 0 fully saturated rings. The number of carbonyl (C=O) groups is 3. The van der Waals surface area contributed by atoms with Crippen molar-refractivity contribution in [3.05, 3.63) is 103 Å². The van der Waals surface area contributed by atoms with Crippen LogP contribution in [0.3, 0.4) is 0 Å². The molecule has 2 unspecified atom stereocenters. The second kappa shape index (κ2) is 12.6. The molecule has 2 bridgehead atoms. The van der Waals surface area contributed by atoms with Crippen LogP contribution in [0.15, 0.2) is 36.4 Å². The molecule has 3 aliphatic carbocycles. The Morgan fingerprint density at radius 2 is 0.812 bits per heavy atom. The molecule has 8 nitrogen and oxygen atoms in total. The third-order valence-corrected chi connectivity index (χ3v) is 8.22. The second-order valence-electron chi connectivity index (χ2n) is 10.6. The van der Waals surface area contributed by atoms with Gasteiger partial charge in [-0.25, -0.2) is 14.4 Å². The first-order chi connectivity index (χ1) is 23.0. The Kier molecular flexibility index (Phi) is 8.61. The van der Waals surface area contributed by atoms with Crippen LogP contribution in [0.4, 0.5) is 0 Å². The van der Waals surface area contributed by atoms with Crippen LogP contribution in [-0.4, -0.2) is 52.1 Å². The maximum Gasteiger partial charge on any atom is 0.382 e. The topological polar surface area (TPSA) is 141 Å². The summed E-state index contributed by atoms with van der Waals surface area (Å²) in [6.45, 7) is 4.52. The minimum atomic E-state index is -1.46. The molecule has 0 saturated carbocycles. The zero-order valence-electron chi connectivity index (χ0n) is 26.1. The van der Waals surface area contributed by atoms with Gasteiger partial charge < -0.3 is 25.2 Å². The van der Waals surface area contributed by atoms with Gasteiger partial charge in [0.25, 0.3) is 0 Å². The third-order valence-electron chi connectivity index (χ3n) is 8.22. The summed E-state index contributed by atoms with van der Waals surface area (Å²) < 4.78 is 6.51. The van der Waals surface area contributed by atoms with Crippen molar-refractivity contribution in [2.75, 3.05) is 13.7 Å². The maximum atomic E-state index is 11.6. The molecule has 2 atom stereocenters. The number of ether oxygens (including phenoxy) is 1. The predicted octanol–water partition coefficient (Wildman–Crippen LogP) is 3.00. The van der Waals surface area contributed by atoms with Crippen molar-refractivity contribution in [2.24, 2.45) is 0 Å². The Hall–Kier alpha value is -6.65. The highest BCUT2D eigenvalue weighted by Gasteiger charge is 2.60. The highest BCUT2D eigenvalue weighted by molar-refractivity contribution is 5.90. The van der Waals surface area contributed by atoms with Crippen molar-refractivity contribution >= 4 is 17.9 Å². The molecule has 0 radical (unpaired) electrons. The van der Waals surface area contributed by atoms with Crippen LogP contribution >= 0.6 is 0 Å². The SMILES string of the molecule is CC#Cc1cc2c(cc1C#CC)C1(OC)c3cc(C#CC(=O)O)c(C#CC)cc3C2(CO)c2cc(C#CC(=O)O)c(C#CC(=O)O)cc21. The Morgan fingerprint density at radius 3 is 1.04 bits per heavy atom. The van der Waals surface area contributed by atoms with Gasteiger partial charge in [0, 0.05) is 58.3 Å². The van der Waals surface area contributed by atoms with Crippen molar-refractivity contribution in [2.45, 2.75) is 31.8 Å². The van der Waals surface area contributed by atoms with Crippen LogP contribution < -0.4 is 0 Å². The third kappa shape index (κ3) is 5.02. The van der Waals surface area contributed by atoms with E-state index >= 15 is 0 Å². The van der Waals surface area contributed by atoms with E-state index in [1.165, 1.54) is 7.11 Å². The lowest BCUT2D eigenvalue weighted by Crippen LogP contribution is -2.53. The van der Waals surface area contributed by atoms with Gasteiger partial charge in [0.1, 0.15) is 5.60 Å². The highest BCUT2D eigenvalue weighted by atomic mass is 16.5. The molecule has 4 N–H and O–H groups in total. The normalized spacial score (nSPS) is 16.7. The van der Waals surface area contributed by atoms with E-state index in [0.29, 0.717) is 55.6 Å². The number of carboxylic acids is 3. The quantitative estimate of drug-likeness (QED) is 0.316. The monoisotopic (exact) mass is 632 g/mol. The summed E-state index contributed by atoms with van der Waals surface area (Å²) in [5, 5.41) is 39.7. The molecule has 0 aliphatic heterocycles. The van der Waals surface area contributed by atoms with E-state index in [1.807, 2.05) is 12.1 Å². The largest absolute Gasteiger partial charge is 0.472 e. The number of rotatable bonds is 2. The first-order valence-electron chi connectivity index (χ1n) is 14.3. The number of aliphatic hydroxyl groups is 1. The Bertz CT molecular complexity index is 2380. The molecule has 232 valence electrons. The number of hydrogen-bond acceptors (Lipinski definition) is 5. The fourth-order valence-corrected chi connectivity index (χ4v) is 6.57. The number of aliphatic carboxylic acids is 3. The average Bonchev–Trinajstić information content (AvgIpc) is 3.05. The molecule has 0 aromatic heterocycles. The summed E-state index contributed by atoms with van der Waals surface area (Å²) in [4.78, 5) is 34.4. The lowest BCUT2D eigenvalue weighted by Gasteiger charge is -2.55. The van der Waals surface area contributed by atoms with Crippen LogP contribution in [0.1, 0.15) is 87.5 Å². The van der Waals surface area contributed by atoms with Crippen molar-refractivity contribution < 1.29 is 39.5 Å². The van der Waals surface area contributed by atoms with Gasteiger partial charge in [-0.05, 0) is 90.6 Å². The van der Waals surface area contributed by atoms with Gasteiger partial charge in [-0.3, -0.25) is 0 Å². The van der Waals surface area contributed by atoms with Crippen LogP contribution in [0.2, 0.25) is 0 Å². The molecule has 3 aromatic carbocycles. The van der Waals surface area contributed by atoms with E-state index in [9.17, 15) is 34.8 Å². The summed E-state index contributed by atoms with van der Waals surface area (Å²) in [7, 11) is 1.49. The average molecular weight is 633 g/mol. The molecule has 6 rings (SSSR count). The van der Waals surface area contributed by atoms with Gasteiger partial charge in [-0.2, -0.15) is 0 Å². The van der Waals surface area contributed by atoms with Gasteiger partial charge in [-0.15, -0.1) is 17.8 Å².